The van der Waals surface area contributed by atoms with E-state index in [4.69, 9.17) is 23.2 Å². The predicted octanol–water partition coefficient (Wildman–Crippen LogP) is 6.28. The molecule has 0 saturated carbocycles. The number of rotatable bonds is 11. The molecule has 1 atom stereocenters. The fourth-order valence-corrected chi connectivity index (χ4v) is 6.01. The minimum atomic E-state index is -4.12. The summed E-state index contributed by atoms with van der Waals surface area (Å²) >= 11 is 15.7. The van der Waals surface area contributed by atoms with Crippen molar-refractivity contribution >= 4 is 66.7 Å². The van der Waals surface area contributed by atoms with Crippen molar-refractivity contribution in [2.24, 2.45) is 0 Å². The van der Waals surface area contributed by atoms with E-state index >= 15 is 0 Å². The second-order valence-corrected chi connectivity index (χ2v) is 12.8. The molecule has 2 amide bonds. The molecule has 3 rings (SSSR count). The minimum Gasteiger partial charge on any atom is -0.352 e. The van der Waals surface area contributed by atoms with Gasteiger partial charge in [-0.1, -0.05) is 70.3 Å². The van der Waals surface area contributed by atoms with Gasteiger partial charge in [-0.25, -0.2) is 8.42 Å². The third kappa shape index (κ3) is 7.97. The Hall–Kier alpha value is -2.59. The van der Waals surface area contributed by atoms with Gasteiger partial charge in [-0.05, 0) is 74.4 Å². The Bertz CT molecular complexity index is 1400. The van der Waals surface area contributed by atoms with Crippen LogP contribution in [0.25, 0.3) is 0 Å². The van der Waals surface area contributed by atoms with E-state index in [1.54, 1.807) is 67.6 Å². The number of nitrogens with zero attached hydrogens (tertiary/aromatic N) is 2. The maximum absolute atomic E-state index is 14.0. The van der Waals surface area contributed by atoms with Gasteiger partial charge in [0.1, 0.15) is 12.6 Å². The highest BCUT2D eigenvalue weighted by atomic mass is 79.9. The van der Waals surface area contributed by atoms with Crippen LogP contribution in [0, 0.1) is 0 Å². The van der Waals surface area contributed by atoms with Crippen LogP contribution >= 0.6 is 39.1 Å². The molecule has 0 aromatic heterocycles. The lowest BCUT2D eigenvalue weighted by Gasteiger charge is -2.33. The molecule has 0 aliphatic heterocycles. The molecule has 208 valence electrons. The lowest BCUT2D eigenvalue weighted by molar-refractivity contribution is -0.140. The summed E-state index contributed by atoms with van der Waals surface area (Å²) in [5, 5.41) is 3.53. The van der Waals surface area contributed by atoms with Crippen molar-refractivity contribution in [3.63, 3.8) is 0 Å². The van der Waals surface area contributed by atoms with Gasteiger partial charge in [0.15, 0.2) is 0 Å². The maximum atomic E-state index is 14.0. The topological polar surface area (TPSA) is 86.8 Å². The summed E-state index contributed by atoms with van der Waals surface area (Å²) in [6, 6.07) is 18.5. The van der Waals surface area contributed by atoms with Crippen LogP contribution in [0.2, 0.25) is 10.0 Å². The van der Waals surface area contributed by atoms with Crippen LogP contribution < -0.4 is 9.62 Å². The first-order chi connectivity index (χ1) is 18.4. The highest BCUT2D eigenvalue weighted by Crippen LogP contribution is 2.27. The van der Waals surface area contributed by atoms with Crippen molar-refractivity contribution in [3.05, 3.63) is 92.9 Å². The van der Waals surface area contributed by atoms with Crippen molar-refractivity contribution in [2.75, 3.05) is 10.8 Å². The zero-order valence-corrected chi connectivity index (χ0v) is 25.7. The molecule has 7 nitrogen and oxygen atoms in total. The molecular weight excluding hydrogens is 625 g/mol. The van der Waals surface area contributed by atoms with Gasteiger partial charge in [-0.15, -0.1) is 0 Å². The summed E-state index contributed by atoms with van der Waals surface area (Å²) in [7, 11) is -4.12. The number of amides is 2. The van der Waals surface area contributed by atoms with Crippen LogP contribution in [0.5, 0.6) is 0 Å². The zero-order chi connectivity index (χ0) is 28.7. The molecular formula is C28H30BrCl2N3O4S. The second kappa shape index (κ2) is 13.7. The highest BCUT2D eigenvalue weighted by Gasteiger charge is 2.33. The van der Waals surface area contributed by atoms with Crippen LogP contribution in [0.1, 0.15) is 32.8 Å². The van der Waals surface area contributed by atoms with E-state index in [1.165, 1.54) is 17.0 Å². The molecule has 3 aromatic rings. The summed E-state index contributed by atoms with van der Waals surface area (Å²) in [5.74, 6) is -0.878. The van der Waals surface area contributed by atoms with Crippen molar-refractivity contribution in [2.45, 2.75) is 50.7 Å². The molecule has 0 aliphatic carbocycles. The van der Waals surface area contributed by atoms with Crippen molar-refractivity contribution in [1.29, 1.82) is 0 Å². The third-order valence-electron chi connectivity index (χ3n) is 5.88. The average Bonchev–Trinajstić information content (AvgIpc) is 2.89. The van der Waals surface area contributed by atoms with Crippen LogP contribution in [-0.4, -0.2) is 43.8 Å². The Labute approximate surface area is 248 Å². The number of hydrogen-bond acceptors (Lipinski definition) is 4. The summed E-state index contributed by atoms with van der Waals surface area (Å²) in [5.41, 5.74) is 0.958. The number of carbonyl (C=O) groups excluding carboxylic acids is 2. The lowest BCUT2D eigenvalue weighted by atomic mass is 10.1. The highest BCUT2D eigenvalue weighted by molar-refractivity contribution is 9.10. The number of anilines is 1. The molecule has 0 unspecified atom stereocenters. The average molecular weight is 655 g/mol. The number of halogens is 3. The largest absolute Gasteiger partial charge is 0.352 e. The van der Waals surface area contributed by atoms with Gasteiger partial charge in [-0.2, -0.15) is 0 Å². The standard InChI is InChI=1S/C28H30BrCl2N3O4S/c1-4-26(28(36)32-19(2)3)33(17-20-10-15-24(30)25(31)16-20)27(35)18-34(22-13-11-21(29)12-14-22)39(37,38)23-8-6-5-7-9-23/h5-16,19,26H,4,17-18H2,1-3H3,(H,32,36)/t26-/m1/s1. The van der Waals surface area contributed by atoms with Crippen LogP contribution in [0.4, 0.5) is 5.69 Å². The van der Waals surface area contributed by atoms with Gasteiger partial charge in [-0.3, -0.25) is 13.9 Å². The van der Waals surface area contributed by atoms with E-state index in [0.29, 0.717) is 27.7 Å². The molecule has 0 radical (unpaired) electrons. The summed E-state index contributed by atoms with van der Waals surface area (Å²) in [6.07, 6.45) is 0.315. The monoisotopic (exact) mass is 653 g/mol. The first kappa shape index (κ1) is 30.9. The Morgan fingerprint density at radius 1 is 0.949 bits per heavy atom. The van der Waals surface area contributed by atoms with Crippen molar-refractivity contribution in [3.8, 4) is 0 Å². The van der Waals surface area contributed by atoms with E-state index < -0.39 is 28.5 Å². The van der Waals surface area contributed by atoms with Gasteiger partial charge >= 0.3 is 0 Å². The fourth-order valence-electron chi connectivity index (χ4n) is 3.99. The smallest absolute Gasteiger partial charge is 0.264 e. The van der Waals surface area contributed by atoms with E-state index in [0.717, 1.165) is 8.78 Å². The van der Waals surface area contributed by atoms with E-state index in [2.05, 4.69) is 21.2 Å². The summed E-state index contributed by atoms with van der Waals surface area (Å²) in [4.78, 5) is 28.6. The molecule has 39 heavy (non-hydrogen) atoms. The lowest BCUT2D eigenvalue weighted by Crippen LogP contribution is -2.53. The van der Waals surface area contributed by atoms with E-state index in [1.807, 2.05) is 13.8 Å². The SMILES string of the molecule is CC[C@H](C(=O)NC(C)C)N(Cc1ccc(Cl)c(Cl)c1)C(=O)CN(c1ccc(Br)cc1)S(=O)(=O)c1ccccc1. The summed E-state index contributed by atoms with van der Waals surface area (Å²) < 4.78 is 29.4. The summed E-state index contributed by atoms with van der Waals surface area (Å²) in [6.45, 7) is 4.97. The van der Waals surface area contributed by atoms with Crippen molar-refractivity contribution in [1.82, 2.24) is 10.2 Å². The molecule has 0 spiro atoms. The maximum Gasteiger partial charge on any atom is 0.264 e. The minimum absolute atomic E-state index is 0.0271. The molecule has 3 aromatic carbocycles. The molecule has 0 heterocycles. The molecule has 0 bridgehead atoms. The second-order valence-electron chi connectivity index (χ2n) is 9.16. The van der Waals surface area contributed by atoms with E-state index in [-0.39, 0.29) is 23.4 Å². The number of carbonyl (C=O) groups is 2. The van der Waals surface area contributed by atoms with Crippen molar-refractivity contribution < 1.29 is 18.0 Å². The van der Waals surface area contributed by atoms with Gasteiger partial charge in [0, 0.05) is 17.1 Å². The Morgan fingerprint density at radius 3 is 2.15 bits per heavy atom. The number of nitrogens with one attached hydrogen (secondary N) is 1. The van der Waals surface area contributed by atoms with Crippen LogP contribution in [-0.2, 0) is 26.2 Å². The fraction of sp³-hybridized carbons (Fsp3) is 0.286. The Morgan fingerprint density at radius 2 is 1.59 bits per heavy atom. The third-order valence-corrected chi connectivity index (χ3v) is 8.93. The van der Waals surface area contributed by atoms with Gasteiger partial charge in [0.2, 0.25) is 11.8 Å². The Balaban J connectivity index is 2.06. The normalized spacial score (nSPS) is 12.2. The molecule has 0 aliphatic rings. The van der Waals surface area contributed by atoms with Gasteiger partial charge in [0.05, 0.1) is 20.6 Å². The quantitative estimate of drug-likeness (QED) is 0.264. The molecule has 0 saturated heterocycles. The molecule has 0 fully saturated rings. The number of benzene rings is 3. The molecule has 11 heteroatoms. The molecule has 1 N–H and O–H groups in total. The first-order valence-electron chi connectivity index (χ1n) is 12.3. The number of sulfonamides is 1. The van der Waals surface area contributed by atoms with Crippen LogP contribution in [0.3, 0.4) is 0 Å². The predicted molar refractivity (Wildman–Crippen MR) is 159 cm³/mol. The number of hydrogen-bond donors (Lipinski definition) is 1. The first-order valence-corrected chi connectivity index (χ1v) is 15.3. The van der Waals surface area contributed by atoms with Gasteiger partial charge < -0.3 is 10.2 Å². The van der Waals surface area contributed by atoms with E-state index in [9.17, 15) is 18.0 Å². The Kier molecular flexibility index (Phi) is 10.8. The van der Waals surface area contributed by atoms with Crippen LogP contribution in [0.15, 0.2) is 82.2 Å². The zero-order valence-electron chi connectivity index (χ0n) is 21.8. The van der Waals surface area contributed by atoms with Gasteiger partial charge in [0.25, 0.3) is 10.0 Å².